The summed E-state index contributed by atoms with van der Waals surface area (Å²) in [6.07, 6.45) is 5.24. The van der Waals surface area contributed by atoms with Gasteiger partial charge in [-0.25, -0.2) is 4.79 Å². The number of carbonyl (C=O) groups is 2. The fraction of sp³-hybridized carbons (Fsp3) is 0. The topological polar surface area (TPSA) is 58.2 Å². The van der Waals surface area contributed by atoms with Crippen LogP contribution in [0.25, 0.3) is 0 Å². The van der Waals surface area contributed by atoms with E-state index in [1.54, 1.807) is 42.5 Å². The quantitative estimate of drug-likeness (QED) is 0.836. The first kappa shape index (κ1) is 14.6. The van der Waals surface area contributed by atoms with Crippen molar-refractivity contribution >= 4 is 29.2 Å². The van der Waals surface area contributed by atoms with Crippen molar-refractivity contribution in [1.82, 2.24) is 5.32 Å². The van der Waals surface area contributed by atoms with Gasteiger partial charge < -0.3 is 5.32 Å². The Kier molecular flexibility index (Phi) is 4.60. The number of terminal acetylenes is 1. The van der Waals surface area contributed by atoms with Gasteiger partial charge in [-0.2, -0.15) is 0 Å². The van der Waals surface area contributed by atoms with Gasteiger partial charge in [0.1, 0.15) is 0 Å². The summed E-state index contributed by atoms with van der Waals surface area (Å²) in [5.74, 6) is 1.90. The molecule has 0 fully saturated rings. The number of hydrogen-bond donors (Lipinski definition) is 2. The number of hydrogen-bond acceptors (Lipinski definition) is 2. The van der Waals surface area contributed by atoms with Gasteiger partial charge in [0.15, 0.2) is 0 Å². The highest BCUT2D eigenvalue weighted by atomic mass is 35.5. The maximum Gasteiger partial charge on any atom is 0.326 e. The van der Waals surface area contributed by atoms with Gasteiger partial charge in [0.05, 0.1) is 10.6 Å². The molecular weight excluding hydrogens is 288 g/mol. The van der Waals surface area contributed by atoms with Crippen LogP contribution in [0.4, 0.5) is 10.5 Å². The Labute approximate surface area is 127 Å². The van der Waals surface area contributed by atoms with Crippen molar-refractivity contribution in [2.75, 3.05) is 5.32 Å². The van der Waals surface area contributed by atoms with Gasteiger partial charge in [-0.15, -0.1) is 6.42 Å². The molecule has 21 heavy (non-hydrogen) atoms. The van der Waals surface area contributed by atoms with E-state index < -0.39 is 11.9 Å². The van der Waals surface area contributed by atoms with Gasteiger partial charge in [-0.1, -0.05) is 29.7 Å². The number of nitrogens with one attached hydrogen (secondary N) is 2. The molecule has 2 aromatic carbocycles. The predicted octanol–water partition coefficient (Wildman–Crippen LogP) is 3.28. The first-order chi connectivity index (χ1) is 10.1. The van der Waals surface area contributed by atoms with E-state index in [9.17, 15) is 9.59 Å². The molecule has 0 aromatic heterocycles. The highest BCUT2D eigenvalue weighted by Crippen LogP contribution is 2.14. The maximum absolute atomic E-state index is 11.9. The van der Waals surface area contributed by atoms with Gasteiger partial charge in [-0.05, 0) is 36.4 Å². The predicted molar refractivity (Wildman–Crippen MR) is 82.3 cm³/mol. The third-order valence-electron chi connectivity index (χ3n) is 2.65. The summed E-state index contributed by atoms with van der Waals surface area (Å²) in [5.41, 5.74) is 1.46. The van der Waals surface area contributed by atoms with E-state index >= 15 is 0 Å². The molecule has 5 heteroatoms. The Bertz CT molecular complexity index is 718. The number of carbonyl (C=O) groups excluding carboxylic acids is 2. The number of amides is 3. The molecule has 2 aromatic rings. The van der Waals surface area contributed by atoms with E-state index in [4.69, 9.17) is 18.0 Å². The Morgan fingerprint density at radius 2 is 1.71 bits per heavy atom. The van der Waals surface area contributed by atoms with Crippen LogP contribution in [-0.4, -0.2) is 11.9 Å². The first-order valence-corrected chi connectivity index (χ1v) is 6.41. The van der Waals surface area contributed by atoms with Crippen LogP contribution in [0, 0.1) is 12.3 Å². The summed E-state index contributed by atoms with van der Waals surface area (Å²) in [4.78, 5) is 23.6. The molecule has 2 N–H and O–H groups in total. The second-order valence-electron chi connectivity index (χ2n) is 4.11. The fourth-order valence-electron chi connectivity index (χ4n) is 1.63. The Hall–Kier alpha value is -2.77. The molecule has 104 valence electrons. The molecule has 0 radical (unpaired) electrons. The van der Waals surface area contributed by atoms with Crippen LogP contribution < -0.4 is 10.6 Å². The van der Waals surface area contributed by atoms with Crippen molar-refractivity contribution in [3.63, 3.8) is 0 Å². The molecule has 0 spiro atoms. The molecule has 0 atom stereocenters. The van der Waals surface area contributed by atoms with Crippen molar-refractivity contribution in [3.8, 4) is 12.3 Å². The molecule has 0 aliphatic rings. The standard InChI is InChI=1S/C16H11ClN2O2/c1-2-11-7-9-12(10-8-11)18-16(21)19-15(20)13-5-3-4-6-14(13)17/h1,3-10H,(H2,18,19,20,21). The van der Waals surface area contributed by atoms with E-state index in [-0.39, 0.29) is 10.6 Å². The smallest absolute Gasteiger partial charge is 0.308 e. The molecule has 0 saturated heterocycles. The minimum atomic E-state index is -0.645. The normalized spacial score (nSPS) is 9.52. The van der Waals surface area contributed by atoms with Gasteiger partial charge in [0.25, 0.3) is 5.91 Å². The monoisotopic (exact) mass is 298 g/mol. The van der Waals surface area contributed by atoms with Crippen LogP contribution in [0.1, 0.15) is 15.9 Å². The summed E-state index contributed by atoms with van der Waals surface area (Å²) in [6.45, 7) is 0. The number of rotatable bonds is 2. The molecular formula is C16H11ClN2O2. The lowest BCUT2D eigenvalue weighted by molar-refractivity contribution is 0.0967. The van der Waals surface area contributed by atoms with Crippen LogP contribution >= 0.6 is 11.6 Å². The molecule has 0 heterocycles. The first-order valence-electron chi connectivity index (χ1n) is 6.03. The Morgan fingerprint density at radius 3 is 2.33 bits per heavy atom. The molecule has 0 aliphatic heterocycles. The number of imide groups is 1. The van der Waals surface area contributed by atoms with E-state index in [1.165, 1.54) is 6.07 Å². The second-order valence-corrected chi connectivity index (χ2v) is 4.52. The third kappa shape index (κ3) is 3.85. The van der Waals surface area contributed by atoms with Crippen LogP contribution in [-0.2, 0) is 0 Å². The third-order valence-corrected chi connectivity index (χ3v) is 2.98. The van der Waals surface area contributed by atoms with Gasteiger partial charge >= 0.3 is 6.03 Å². The van der Waals surface area contributed by atoms with Crippen molar-refractivity contribution in [2.45, 2.75) is 0 Å². The van der Waals surface area contributed by atoms with Gasteiger partial charge in [0, 0.05) is 11.3 Å². The van der Waals surface area contributed by atoms with E-state index in [0.717, 1.165) is 0 Å². The Morgan fingerprint density at radius 1 is 1.05 bits per heavy atom. The van der Waals surface area contributed by atoms with E-state index in [1.807, 2.05) is 0 Å². The summed E-state index contributed by atoms with van der Waals surface area (Å²) in [5, 5.41) is 5.01. The SMILES string of the molecule is C#Cc1ccc(NC(=O)NC(=O)c2ccccc2Cl)cc1. The largest absolute Gasteiger partial charge is 0.326 e. The zero-order chi connectivity index (χ0) is 15.2. The van der Waals surface area contributed by atoms with Crippen LogP contribution in [0.15, 0.2) is 48.5 Å². The molecule has 0 saturated carbocycles. The molecule has 2 rings (SSSR count). The minimum Gasteiger partial charge on any atom is -0.308 e. The average Bonchev–Trinajstić information content (AvgIpc) is 2.48. The van der Waals surface area contributed by atoms with E-state index in [0.29, 0.717) is 11.3 Å². The maximum atomic E-state index is 11.9. The molecule has 0 unspecified atom stereocenters. The number of urea groups is 1. The Balaban J connectivity index is 2.00. The van der Waals surface area contributed by atoms with Crippen molar-refractivity contribution in [1.29, 1.82) is 0 Å². The zero-order valence-corrected chi connectivity index (χ0v) is 11.6. The summed E-state index contributed by atoms with van der Waals surface area (Å²) in [7, 11) is 0. The van der Waals surface area contributed by atoms with Crippen LogP contribution in [0.5, 0.6) is 0 Å². The lowest BCUT2D eigenvalue weighted by Gasteiger charge is -2.07. The summed E-state index contributed by atoms with van der Waals surface area (Å²) in [6, 6.07) is 12.5. The number of halogens is 1. The molecule has 4 nitrogen and oxygen atoms in total. The zero-order valence-electron chi connectivity index (χ0n) is 10.9. The van der Waals surface area contributed by atoms with Crippen molar-refractivity contribution in [3.05, 3.63) is 64.7 Å². The number of benzene rings is 2. The van der Waals surface area contributed by atoms with Gasteiger partial charge in [0.2, 0.25) is 0 Å². The average molecular weight is 299 g/mol. The number of anilines is 1. The highest BCUT2D eigenvalue weighted by molar-refractivity contribution is 6.34. The molecule has 0 aliphatic carbocycles. The second kappa shape index (κ2) is 6.60. The van der Waals surface area contributed by atoms with Crippen LogP contribution in [0.3, 0.4) is 0 Å². The summed E-state index contributed by atoms with van der Waals surface area (Å²) >= 11 is 5.88. The van der Waals surface area contributed by atoms with Crippen LogP contribution in [0.2, 0.25) is 5.02 Å². The lowest BCUT2D eigenvalue weighted by Crippen LogP contribution is -2.34. The van der Waals surface area contributed by atoms with Gasteiger partial charge in [-0.3, -0.25) is 10.1 Å². The molecule has 3 amide bonds. The highest BCUT2D eigenvalue weighted by Gasteiger charge is 2.12. The molecule has 0 bridgehead atoms. The van der Waals surface area contributed by atoms with Crippen molar-refractivity contribution < 1.29 is 9.59 Å². The fourth-order valence-corrected chi connectivity index (χ4v) is 1.85. The lowest BCUT2D eigenvalue weighted by atomic mass is 10.2. The summed E-state index contributed by atoms with van der Waals surface area (Å²) < 4.78 is 0. The van der Waals surface area contributed by atoms with E-state index in [2.05, 4.69) is 16.6 Å². The van der Waals surface area contributed by atoms with Crippen molar-refractivity contribution in [2.24, 2.45) is 0 Å². The minimum absolute atomic E-state index is 0.233.